The standard InChI is InChI=1S/C38H25N5/c1-3-13-37-31(9-1)32-10-2-4-14-38(32)43(37)30-17-15-26(16-18-30)35-24-42-36(25-41-35)29-22-27(33-11-5-7-19-39-33)21-28(23-29)34-12-6-8-20-40-34/h1-25H. The van der Waals surface area contributed by atoms with E-state index in [0.717, 1.165) is 50.7 Å². The van der Waals surface area contributed by atoms with Crippen molar-refractivity contribution in [1.82, 2.24) is 24.5 Å². The third-order valence-corrected chi connectivity index (χ3v) is 7.80. The molecule has 202 valence electrons. The van der Waals surface area contributed by atoms with Crippen LogP contribution in [0.1, 0.15) is 0 Å². The lowest BCUT2D eigenvalue weighted by atomic mass is 9.99. The van der Waals surface area contributed by atoms with Gasteiger partial charge in [0, 0.05) is 51.1 Å². The summed E-state index contributed by atoms with van der Waals surface area (Å²) in [6.07, 6.45) is 7.31. The lowest BCUT2D eigenvalue weighted by Gasteiger charge is -2.11. The zero-order valence-electron chi connectivity index (χ0n) is 23.2. The second kappa shape index (κ2) is 10.5. The minimum Gasteiger partial charge on any atom is -0.309 e. The van der Waals surface area contributed by atoms with Gasteiger partial charge < -0.3 is 4.57 Å². The van der Waals surface area contributed by atoms with Gasteiger partial charge >= 0.3 is 0 Å². The van der Waals surface area contributed by atoms with Crippen molar-refractivity contribution in [2.24, 2.45) is 0 Å². The van der Waals surface area contributed by atoms with E-state index in [2.05, 4.69) is 106 Å². The number of hydrogen-bond donors (Lipinski definition) is 0. The van der Waals surface area contributed by atoms with Crippen molar-refractivity contribution in [1.29, 1.82) is 0 Å². The molecule has 0 unspecified atom stereocenters. The first-order valence-corrected chi connectivity index (χ1v) is 14.2. The minimum absolute atomic E-state index is 0.792. The fourth-order valence-electron chi connectivity index (χ4n) is 5.75. The van der Waals surface area contributed by atoms with Gasteiger partial charge in [-0.3, -0.25) is 19.9 Å². The Morgan fingerprint density at radius 3 is 1.33 bits per heavy atom. The van der Waals surface area contributed by atoms with Crippen LogP contribution in [0.15, 0.2) is 152 Å². The Kier molecular flexibility index (Phi) is 6.05. The van der Waals surface area contributed by atoms with Gasteiger partial charge in [-0.25, -0.2) is 0 Å². The molecule has 0 N–H and O–H groups in total. The number of benzene rings is 4. The van der Waals surface area contributed by atoms with Gasteiger partial charge in [0.1, 0.15) is 0 Å². The van der Waals surface area contributed by atoms with E-state index in [-0.39, 0.29) is 0 Å². The molecule has 0 bridgehead atoms. The van der Waals surface area contributed by atoms with Gasteiger partial charge in [0.2, 0.25) is 0 Å². The lowest BCUT2D eigenvalue weighted by molar-refractivity contribution is 1.17. The average molecular weight is 552 g/mol. The Bertz CT molecular complexity index is 2090. The summed E-state index contributed by atoms with van der Waals surface area (Å²) in [5.74, 6) is 0. The molecule has 8 aromatic rings. The van der Waals surface area contributed by atoms with Crippen LogP contribution in [0.25, 0.3) is 72.5 Å². The molecule has 0 amide bonds. The molecule has 4 aromatic heterocycles. The van der Waals surface area contributed by atoms with Crippen molar-refractivity contribution in [2.75, 3.05) is 0 Å². The molecule has 8 rings (SSSR count). The van der Waals surface area contributed by atoms with E-state index in [9.17, 15) is 0 Å². The Morgan fingerprint density at radius 1 is 0.372 bits per heavy atom. The molecule has 0 spiro atoms. The van der Waals surface area contributed by atoms with Gasteiger partial charge in [-0.1, -0.05) is 60.7 Å². The highest BCUT2D eigenvalue weighted by molar-refractivity contribution is 6.09. The first-order valence-electron chi connectivity index (χ1n) is 14.2. The van der Waals surface area contributed by atoms with Gasteiger partial charge in [-0.2, -0.15) is 0 Å². The van der Waals surface area contributed by atoms with Crippen LogP contribution >= 0.6 is 0 Å². The second-order valence-electron chi connectivity index (χ2n) is 10.4. The van der Waals surface area contributed by atoms with E-state index in [1.165, 1.54) is 21.8 Å². The molecular weight excluding hydrogens is 526 g/mol. The Hall–Kier alpha value is -5.94. The van der Waals surface area contributed by atoms with Crippen molar-refractivity contribution in [3.63, 3.8) is 0 Å². The monoisotopic (exact) mass is 551 g/mol. The maximum absolute atomic E-state index is 4.84. The molecule has 0 aliphatic heterocycles. The van der Waals surface area contributed by atoms with Crippen molar-refractivity contribution in [3.05, 3.63) is 152 Å². The average Bonchev–Trinajstić information content (AvgIpc) is 3.43. The first-order chi connectivity index (χ1) is 21.3. The zero-order chi connectivity index (χ0) is 28.6. The summed E-state index contributed by atoms with van der Waals surface area (Å²) in [5.41, 5.74) is 10.9. The summed E-state index contributed by atoms with van der Waals surface area (Å²) in [4.78, 5) is 18.8. The molecule has 0 aliphatic carbocycles. The van der Waals surface area contributed by atoms with E-state index < -0.39 is 0 Å². The quantitative estimate of drug-likeness (QED) is 0.214. The smallest absolute Gasteiger partial charge is 0.0886 e. The van der Waals surface area contributed by atoms with E-state index >= 15 is 0 Å². The van der Waals surface area contributed by atoms with Crippen molar-refractivity contribution in [2.45, 2.75) is 0 Å². The predicted molar refractivity (Wildman–Crippen MR) is 174 cm³/mol. The third-order valence-electron chi connectivity index (χ3n) is 7.80. The summed E-state index contributed by atoms with van der Waals surface area (Å²) in [6, 6.07) is 43.8. The number of hydrogen-bond acceptors (Lipinski definition) is 4. The first kappa shape index (κ1) is 24.8. The minimum atomic E-state index is 0.792. The topological polar surface area (TPSA) is 56.5 Å². The highest BCUT2D eigenvalue weighted by Crippen LogP contribution is 2.33. The van der Waals surface area contributed by atoms with Gasteiger partial charge in [0.05, 0.1) is 46.2 Å². The molecule has 0 saturated carbocycles. The van der Waals surface area contributed by atoms with Gasteiger partial charge in [0.25, 0.3) is 0 Å². The lowest BCUT2D eigenvalue weighted by Crippen LogP contribution is -1.95. The summed E-state index contributed by atoms with van der Waals surface area (Å²) in [6.45, 7) is 0. The molecule has 0 fully saturated rings. The number of nitrogens with zero attached hydrogens (tertiary/aromatic N) is 5. The zero-order valence-corrected chi connectivity index (χ0v) is 23.2. The van der Waals surface area contributed by atoms with Gasteiger partial charge in [-0.15, -0.1) is 0 Å². The Balaban J connectivity index is 1.15. The number of aromatic nitrogens is 5. The van der Waals surface area contributed by atoms with Crippen molar-refractivity contribution < 1.29 is 0 Å². The molecule has 0 aliphatic rings. The van der Waals surface area contributed by atoms with Crippen LogP contribution in [0.5, 0.6) is 0 Å². The van der Waals surface area contributed by atoms with E-state index in [0.29, 0.717) is 0 Å². The van der Waals surface area contributed by atoms with E-state index in [1.54, 1.807) is 0 Å². The molecule has 0 atom stereocenters. The van der Waals surface area contributed by atoms with Crippen LogP contribution in [0.2, 0.25) is 0 Å². The largest absolute Gasteiger partial charge is 0.309 e. The third kappa shape index (κ3) is 4.53. The molecule has 0 saturated heterocycles. The predicted octanol–water partition coefficient (Wildman–Crippen LogP) is 9.03. The maximum atomic E-state index is 4.84. The van der Waals surface area contributed by atoms with E-state index in [4.69, 9.17) is 9.97 Å². The molecule has 43 heavy (non-hydrogen) atoms. The van der Waals surface area contributed by atoms with E-state index in [1.807, 2.05) is 61.2 Å². The fraction of sp³-hybridized carbons (Fsp3) is 0. The molecule has 5 heteroatoms. The van der Waals surface area contributed by atoms with Gasteiger partial charge in [0.15, 0.2) is 0 Å². The van der Waals surface area contributed by atoms with Crippen LogP contribution in [-0.4, -0.2) is 24.5 Å². The summed E-state index contributed by atoms with van der Waals surface area (Å²) >= 11 is 0. The van der Waals surface area contributed by atoms with Crippen LogP contribution in [0, 0.1) is 0 Å². The van der Waals surface area contributed by atoms with Gasteiger partial charge in [-0.05, 0) is 66.7 Å². The van der Waals surface area contributed by atoms with Crippen LogP contribution < -0.4 is 0 Å². The van der Waals surface area contributed by atoms with Crippen molar-refractivity contribution in [3.8, 4) is 50.7 Å². The molecular formula is C38H25N5. The fourth-order valence-corrected chi connectivity index (χ4v) is 5.75. The highest BCUT2D eigenvalue weighted by atomic mass is 15.0. The SMILES string of the molecule is c1ccc(-c2cc(-c3ccccn3)cc(-c3cnc(-c4ccc(-n5c6ccccc6c6ccccc65)cc4)cn3)c2)nc1. The summed E-state index contributed by atoms with van der Waals surface area (Å²) in [7, 11) is 0. The summed E-state index contributed by atoms with van der Waals surface area (Å²) in [5, 5.41) is 2.50. The number of para-hydroxylation sites is 2. The molecule has 4 heterocycles. The number of fused-ring (bicyclic) bond motifs is 3. The highest BCUT2D eigenvalue weighted by Gasteiger charge is 2.13. The Morgan fingerprint density at radius 2 is 0.837 bits per heavy atom. The molecule has 4 aromatic carbocycles. The van der Waals surface area contributed by atoms with Crippen LogP contribution in [0.3, 0.4) is 0 Å². The number of rotatable bonds is 5. The normalized spacial score (nSPS) is 11.3. The summed E-state index contributed by atoms with van der Waals surface area (Å²) < 4.78 is 2.32. The number of pyridine rings is 2. The maximum Gasteiger partial charge on any atom is 0.0886 e. The molecule has 0 radical (unpaired) electrons. The molecule has 5 nitrogen and oxygen atoms in total. The Labute approximate surface area is 248 Å². The van der Waals surface area contributed by atoms with Crippen LogP contribution in [0.4, 0.5) is 0 Å². The second-order valence-corrected chi connectivity index (χ2v) is 10.4. The van der Waals surface area contributed by atoms with Crippen molar-refractivity contribution >= 4 is 21.8 Å². The van der Waals surface area contributed by atoms with Crippen LogP contribution in [-0.2, 0) is 0 Å².